The predicted octanol–water partition coefficient (Wildman–Crippen LogP) is 6.00. The van der Waals surface area contributed by atoms with Crippen molar-refractivity contribution in [1.82, 2.24) is 50.5 Å². The monoisotopic (exact) mass is 816 g/mol. The molecule has 4 N–H and O–H groups in total. The molecule has 11 rings (SSSR count). The van der Waals surface area contributed by atoms with E-state index < -0.39 is 0 Å². The van der Waals surface area contributed by atoms with Gasteiger partial charge in [0.2, 0.25) is 11.9 Å². The molecule has 0 saturated carbocycles. The summed E-state index contributed by atoms with van der Waals surface area (Å²) >= 11 is 0. The van der Waals surface area contributed by atoms with E-state index in [1.54, 1.807) is 0 Å². The Balaban J connectivity index is 0.000000146. The third-order valence-corrected chi connectivity index (χ3v) is 13.2. The molecule has 5 aliphatic rings. The third-order valence-electron chi connectivity index (χ3n) is 13.2. The van der Waals surface area contributed by atoms with Crippen LogP contribution in [0, 0.1) is 0 Å². The highest BCUT2D eigenvalue weighted by Crippen LogP contribution is 2.53. The summed E-state index contributed by atoms with van der Waals surface area (Å²) in [7, 11) is 0. The highest BCUT2D eigenvalue weighted by Gasteiger charge is 2.46. The van der Waals surface area contributed by atoms with E-state index in [4.69, 9.17) is 14.7 Å². The van der Waals surface area contributed by atoms with Gasteiger partial charge in [-0.3, -0.25) is 9.97 Å². The summed E-state index contributed by atoms with van der Waals surface area (Å²) in [4.78, 5) is 41.8. The van der Waals surface area contributed by atoms with Crippen LogP contribution < -0.4 is 31.1 Å². The van der Waals surface area contributed by atoms with E-state index in [2.05, 4.69) is 99.1 Å². The summed E-state index contributed by atoms with van der Waals surface area (Å²) in [5.74, 6) is 2.66. The SMILES string of the molecule is CCC1(CC)c2cnccc2-c2cnc(Nc3ccc(N4CCNCC4)cn3)nc21.c1cc2c(cn1)C1(CCOCC1)c1nc(Nc3ccc(N4CCNCC4)cn3)ncc1-2. The van der Waals surface area contributed by atoms with Gasteiger partial charge in [0.25, 0.3) is 0 Å². The lowest BCUT2D eigenvalue weighted by Gasteiger charge is -2.34. The molecule has 312 valence electrons. The molecule has 0 amide bonds. The van der Waals surface area contributed by atoms with Crippen molar-refractivity contribution < 1.29 is 4.74 Å². The zero-order valence-corrected chi connectivity index (χ0v) is 34.9. The number of pyridine rings is 4. The number of rotatable bonds is 8. The molecular weight excluding hydrogens is 765 g/mol. The Kier molecular flexibility index (Phi) is 10.7. The summed E-state index contributed by atoms with van der Waals surface area (Å²) in [6, 6.07) is 12.4. The Morgan fingerprint density at radius 3 is 1.61 bits per heavy atom. The Morgan fingerprint density at radius 1 is 0.574 bits per heavy atom. The van der Waals surface area contributed by atoms with Crippen LogP contribution in [0.25, 0.3) is 22.3 Å². The average Bonchev–Trinajstić information content (AvgIpc) is 3.76. The number of anilines is 6. The maximum absolute atomic E-state index is 5.68. The second-order valence-electron chi connectivity index (χ2n) is 16.3. The van der Waals surface area contributed by atoms with Gasteiger partial charge < -0.3 is 35.8 Å². The van der Waals surface area contributed by atoms with Crippen molar-refractivity contribution in [2.45, 2.75) is 50.4 Å². The van der Waals surface area contributed by atoms with Crippen LogP contribution >= 0.6 is 0 Å². The number of hydrogen-bond donors (Lipinski definition) is 4. The van der Waals surface area contributed by atoms with Crippen molar-refractivity contribution in [3.05, 3.63) is 108 Å². The number of fused-ring (bicyclic) bond motifs is 8. The lowest BCUT2D eigenvalue weighted by Crippen LogP contribution is -2.43. The molecule has 1 spiro atoms. The Morgan fingerprint density at radius 2 is 1.08 bits per heavy atom. The third kappa shape index (κ3) is 7.19. The quantitative estimate of drug-likeness (QED) is 0.141. The fourth-order valence-electron chi connectivity index (χ4n) is 9.85. The van der Waals surface area contributed by atoms with E-state index in [9.17, 15) is 0 Å². The maximum atomic E-state index is 5.68. The molecule has 15 heteroatoms. The smallest absolute Gasteiger partial charge is 0.228 e. The predicted molar refractivity (Wildman–Crippen MR) is 238 cm³/mol. The topological polar surface area (TPSA) is 167 Å². The zero-order valence-electron chi connectivity index (χ0n) is 34.9. The minimum atomic E-state index is -0.143. The first-order chi connectivity index (χ1) is 30.1. The second-order valence-corrected chi connectivity index (χ2v) is 16.3. The van der Waals surface area contributed by atoms with Gasteiger partial charge in [0, 0.05) is 125 Å². The molecule has 9 heterocycles. The molecule has 61 heavy (non-hydrogen) atoms. The number of ether oxygens (including phenoxy) is 1. The first-order valence-corrected chi connectivity index (χ1v) is 21.7. The van der Waals surface area contributed by atoms with Gasteiger partial charge in [-0.2, -0.15) is 0 Å². The van der Waals surface area contributed by atoms with E-state index in [-0.39, 0.29) is 10.8 Å². The van der Waals surface area contributed by atoms with Gasteiger partial charge in [0.15, 0.2) is 0 Å². The van der Waals surface area contributed by atoms with Crippen LogP contribution in [-0.2, 0) is 15.6 Å². The highest BCUT2D eigenvalue weighted by molar-refractivity contribution is 5.80. The van der Waals surface area contributed by atoms with E-state index in [1.165, 1.54) is 22.3 Å². The summed E-state index contributed by atoms with van der Waals surface area (Å²) in [5.41, 5.74) is 11.3. The molecule has 3 saturated heterocycles. The molecule has 0 bridgehead atoms. The molecule has 0 aromatic carbocycles. The molecule has 0 atom stereocenters. The molecule has 15 nitrogen and oxygen atoms in total. The molecule has 6 aromatic heterocycles. The Labute approximate surface area is 356 Å². The summed E-state index contributed by atoms with van der Waals surface area (Å²) in [6.45, 7) is 14.0. The van der Waals surface area contributed by atoms with E-state index >= 15 is 0 Å². The first-order valence-electron chi connectivity index (χ1n) is 21.7. The first kappa shape index (κ1) is 39.0. The van der Waals surface area contributed by atoms with Gasteiger partial charge >= 0.3 is 0 Å². The van der Waals surface area contributed by atoms with E-state index in [0.29, 0.717) is 11.9 Å². The zero-order chi connectivity index (χ0) is 41.2. The Hall–Kier alpha value is -6.16. The fraction of sp³-hybridized carbons (Fsp3) is 0.391. The van der Waals surface area contributed by atoms with Crippen molar-refractivity contribution >= 4 is 34.9 Å². The van der Waals surface area contributed by atoms with Gasteiger partial charge in [0.05, 0.1) is 35.2 Å². The summed E-state index contributed by atoms with van der Waals surface area (Å²) in [5, 5.41) is 13.4. The van der Waals surface area contributed by atoms with Crippen LogP contribution in [0.15, 0.2) is 86.0 Å². The molecule has 0 unspecified atom stereocenters. The van der Waals surface area contributed by atoms with Crippen LogP contribution in [0.1, 0.15) is 62.0 Å². The van der Waals surface area contributed by atoms with Crippen LogP contribution in [0.3, 0.4) is 0 Å². The van der Waals surface area contributed by atoms with Crippen molar-refractivity contribution in [2.24, 2.45) is 0 Å². The van der Waals surface area contributed by atoms with Gasteiger partial charge in [0.1, 0.15) is 11.6 Å². The van der Waals surface area contributed by atoms with Gasteiger partial charge in [-0.15, -0.1) is 0 Å². The van der Waals surface area contributed by atoms with Crippen LogP contribution in [-0.4, -0.2) is 105 Å². The average molecular weight is 817 g/mol. The minimum absolute atomic E-state index is 0.113. The molecule has 6 aromatic rings. The largest absolute Gasteiger partial charge is 0.381 e. The molecule has 3 fully saturated rings. The molecule has 2 aliphatic carbocycles. The van der Waals surface area contributed by atoms with Gasteiger partial charge in [-0.1, -0.05) is 13.8 Å². The van der Waals surface area contributed by atoms with Crippen LogP contribution in [0.5, 0.6) is 0 Å². The van der Waals surface area contributed by atoms with Gasteiger partial charge in [-0.05, 0) is 84.3 Å². The van der Waals surface area contributed by atoms with E-state index in [0.717, 1.165) is 137 Å². The molecule has 0 radical (unpaired) electrons. The number of nitrogens with one attached hydrogen (secondary N) is 4. The van der Waals surface area contributed by atoms with Crippen molar-refractivity contribution in [1.29, 1.82) is 0 Å². The normalized spacial score (nSPS) is 18.0. The summed E-state index contributed by atoms with van der Waals surface area (Å²) < 4.78 is 5.68. The van der Waals surface area contributed by atoms with Crippen molar-refractivity contribution in [3.8, 4) is 22.3 Å². The van der Waals surface area contributed by atoms with Gasteiger partial charge in [-0.25, -0.2) is 29.9 Å². The minimum Gasteiger partial charge on any atom is -0.381 e. The molecular formula is C46H52N14O. The fourth-order valence-corrected chi connectivity index (χ4v) is 9.85. The second kappa shape index (κ2) is 16.7. The van der Waals surface area contributed by atoms with Crippen LogP contribution in [0.2, 0.25) is 0 Å². The van der Waals surface area contributed by atoms with Crippen molar-refractivity contribution in [3.63, 3.8) is 0 Å². The van der Waals surface area contributed by atoms with E-state index in [1.807, 2.05) is 61.7 Å². The standard InChI is InChI=1S/C23H25N7O.C23H27N7/c1-2-20(26-13-16(1)30-9-7-24-8-10-30)28-22-27-14-18-17-3-6-25-15-19(17)23(21(18)29-22)4-11-31-12-5-23;1-3-23(4-2)19-15-25-8-7-17(19)18-14-27-22(29-21(18)23)28-20-6-5-16(13-26-20)30-11-9-24-10-12-30/h1-3,6,13-15,24H,4-5,7-12H2,(H,26,27,28,29);5-8,13-15,24H,3-4,9-12H2,1-2H3,(H,26,27,28,29). The van der Waals surface area contributed by atoms with Crippen molar-refractivity contribution in [2.75, 3.05) is 86.0 Å². The number of piperazine rings is 2. The maximum Gasteiger partial charge on any atom is 0.228 e. The van der Waals surface area contributed by atoms with Crippen LogP contribution in [0.4, 0.5) is 34.9 Å². The summed E-state index contributed by atoms with van der Waals surface area (Å²) in [6.07, 6.45) is 19.2. The Bertz CT molecular complexity index is 2470. The lowest BCUT2D eigenvalue weighted by molar-refractivity contribution is 0.0631. The lowest BCUT2D eigenvalue weighted by atomic mass is 9.75. The molecule has 3 aliphatic heterocycles. The highest BCUT2D eigenvalue weighted by atomic mass is 16.5. The number of aromatic nitrogens is 8. The number of hydrogen-bond acceptors (Lipinski definition) is 15. The number of nitrogens with zero attached hydrogens (tertiary/aromatic N) is 10.